The molecule has 126 valence electrons. The van der Waals surface area contributed by atoms with Gasteiger partial charge in [0.25, 0.3) is 0 Å². The summed E-state index contributed by atoms with van der Waals surface area (Å²) in [5.41, 5.74) is 2.03. The van der Waals surface area contributed by atoms with Gasteiger partial charge < -0.3 is 4.90 Å². The number of aromatic nitrogens is 1. The normalized spacial score (nSPS) is 15.1. The molecule has 1 aliphatic rings. The van der Waals surface area contributed by atoms with Gasteiger partial charge in [-0.3, -0.25) is 9.78 Å². The van der Waals surface area contributed by atoms with E-state index in [4.69, 9.17) is 0 Å². The van der Waals surface area contributed by atoms with Crippen molar-refractivity contribution in [1.82, 2.24) is 9.88 Å². The molecule has 1 saturated carbocycles. The van der Waals surface area contributed by atoms with E-state index in [0.29, 0.717) is 12.5 Å². The average Bonchev–Trinajstić information content (AvgIpc) is 3.47. The van der Waals surface area contributed by atoms with Crippen molar-refractivity contribution in [2.24, 2.45) is 0 Å². The smallest absolute Gasteiger partial charge is 0.227 e. The van der Waals surface area contributed by atoms with E-state index < -0.39 is 0 Å². The summed E-state index contributed by atoms with van der Waals surface area (Å²) in [6.07, 6.45) is 4.44. The number of amides is 1. The van der Waals surface area contributed by atoms with Crippen molar-refractivity contribution in [3.8, 4) is 0 Å². The molecule has 1 aromatic heterocycles. The van der Waals surface area contributed by atoms with E-state index in [1.165, 1.54) is 10.8 Å². The van der Waals surface area contributed by atoms with Crippen LogP contribution in [-0.2, 0) is 11.2 Å². The lowest BCUT2D eigenvalue weighted by Crippen LogP contribution is -2.37. The van der Waals surface area contributed by atoms with Crippen molar-refractivity contribution in [3.63, 3.8) is 0 Å². The first-order valence-corrected chi connectivity index (χ1v) is 8.92. The third kappa shape index (κ3) is 3.41. The molecule has 1 atom stereocenters. The number of nitrogens with zero attached hydrogens (tertiary/aromatic N) is 2. The Balaban J connectivity index is 1.56. The largest absolute Gasteiger partial charge is 0.331 e. The van der Waals surface area contributed by atoms with Crippen LogP contribution in [-0.4, -0.2) is 21.8 Å². The Kier molecular flexibility index (Phi) is 4.22. The standard InChI is InChI=1S/C22H22N2O/c1-16(21-8-4-5-13-23-21)24(20-11-12-20)22(25)15-17-9-10-18-6-2-3-7-19(18)14-17/h2-10,13-14,16,20H,11-12,15H2,1H3. The molecular formula is C22H22N2O. The molecule has 0 spiro atoms. The minimum atomic E-state index is 0.0154. The third-order valence-electron chi connectivity index (χ3n) is 4.93. The number of hydrogen-bond acceptors (Lipinski definition) is 2. The van der Waals surface area contributed by atoms with Crippen LogP contribution in [0.3, 0.4) is 0 Å². The van der Waals surface area contributed by atoms with Crippen LogP contribution in [0.1, 0.15) is 37.1 Å². The van der Waals surface area contributed by atoms with Gasteiger partial charge in [0.2, 0.25) is 5.91 Å². The maximum atomic E-state index is 13.0. The van der Waals surface area contributed by atoms with Gasteiger partial charge in [0.1, 0.15) is 0 Å². The SMILES string of the molecule is CC(c1ccccn1)N(C(=O)Cc1ccc2ccccc2c1)C1CC1. The number of benzene rings is 2. The number of carbonyl (C=O) groups is 1. The minimum Gasteiger partial charge on any atom is -0.331 e. The third-order valence-corrected chi connectivity index (χ3v) is 4.93. The summed E-state index contributed by atoms with van der Waals surface area (Å²) in [7, 11) is 0. The molecule has 1 heterocycles. The lowest BCUT2D eigenvalue weighted by Gasteiger charge is -2.29. The maximum absolute atomic E-state index is 13.0. The van der Waals surface area contributed by atoms with Gasteiger partial charge in [-0.15, -0.1) is 0 Å². The molecule has 1 unspecified atom stereocenters. The molecule has 1 aliphatic carbocycles. The van der Waals surface area contributed by atoms with E-state index in [0.717, 1.165) is 24.1 Å². The number of carbonyl (C=O) groups excluding carboxylic acids is 1. The first kappa shape index (κ1) is 15.8. The highest BCUT2D eigenvalue weighted by Crippen LogP contribution is 2.34. The minimum absolute atomic E-state index is 0.0154. The van der Waals surface area contributed by atoms with Crippen LogP contribution in [0.25, 0.3) is 10.8 Å². The molecule has 0 bridgehead atoms. The summed E-state index contributed by atoms with van der Waals surface area (Å²) >= 11 is 0. The molecule has 4 rings (SSSR count). The van der Waals surface area contributed by atoms with Gasteiger partial charge in [-0.25, -0.2) is 0 Å². The fourth-order valence-electron chi connectivity index (χ4n) is 3.47. The monoisotopic (exact) mass is 330 g/mol. The Labute approximate surface area is 148 Å². The van der Waals surface area contributed by atoms with E-state index in [2.05, 4.69) is 42.2 Å². The Morgan fingerprint density at radius 2 is 1.84 bits per heavy atom. The highest BCUT2D eigenvalue weighted by molar-refractivity contribution is 5.85. The van der Waals surface area contributed by atoms with E-state index in [-0.39, 0.29) is 11.9 Å². The van der Waals surface area contributed by atoms with Crippen molar-refractivity contribution in [2.75, 3.05) is 0 Å². The second-order valence-corrected chi connectivity index (χ2v) is 6.82. The van der Waals surface area contributed by atoms with Crippen molar-refractivity contribution in [1.29, 1.82) is 0 Å². The van der Waals surface area contributed by atoms with Gasteiger partial charge in [0.15, 0.2) is 0 Å². The zero-order chi connectivity index (χ0) is 17.2. The summed E-state index contributed by atoms with van der Waals surface area (Å²) in [4.78, 5) is 19.5. The molecule has 3 nitrogen and oxygen atoms in total. The first-order valence-electron chi connectivity index (χ1n) is 8.92. The molecule has 0 aliphatic heterocycles. The summed E-state index contributed by atoms with van der Waals surface area (Å²) < 4.78 is 0. The van der Waals surface area contributed by atoms with E-state index in [1.807, 2.05) is 35.2 Å². The van der Waals surface area contributed by atoms with Gasteiger partial charge in [-0.1, -0.05) is 48.5 Å². The van der Waals surface area contributed by atoms with Crippen LogP contribution < -0.4 is 0 Å². The molecule has 1 fully saturated rings. The second kappa shape index (κ2) is 6.67. The molecule has 0 radical (unpaired) electrons. The van der Waals surface area contributed by atoms with Gasteiger partial charge in [0.05, 0.1) is 18.2 Å². The van der Waals surface area contributed by atoms with E-state index >= 15 is 0 Å². The van der Waals surface area contributed by atoms with Crippen molar-refractivity contribution < 1.29 is 4.79 Å². The Hall–Kier alpha value is -2.68. The molecule has 3 aromatic rings. The van der Waals surface area contributed by atoms with Gasteiger partial charge in [-0.05, 0) is 48.2 Å². The number of fused-ring (bicyclic) bond motifs is 1. The Bertz CT molecular complexity index is 887. The molecular weight excluding hydrogens is 308 g/mol. The van der Waals surface area contributed by atoms with Crippen molar-refractivity contribution in [2.45, 2.75) is 38.3 Å². The van der Waals surface area contributed by atoms with Crippen LogP contribution in [0.15, 0.2) is 66.9 Å². The lowest BCUT2D eigenvalue weighted by molar-refractivity contribution is -0.133. The van der Waals surface area contributed by atoms with Gasteiger partial charge in [0, 0.05) is 12.2 Å². The molecule has 1 amide bonds. The predicted molar refractivity (Wildman–Crippen MR) is 100 cm³/mol. The zero-order valence-corrected chi connectivity index (χ0v) is 14.4. The number of pyridine rings is 1. The fourth-order valence-corrected chi connectivity index (χ4v) is 3.47. The fraction of sp³-hybridized carbons (Fsp3) is 0.273. The molecule has 0 saturated heterocycles. The maximum Gasteiger partial charge on any atom is 0.227 e. The van der Waals surface area contributed by atoms with Crippen molar-refractivity contribution >= 4 is 16.7 Å². The molecule has 25 heavy (non-hydrogen) atoms. The van der Waals surface area contributed by atoms with E-state index in [1.54, 1.807) is 6.20 Å². The first-order chi connectivity index (χ1) is 12.2. The topological polar surface area (TPSA) is 33.2 Å². The molecule has 2 aromatic carbocycles. The predicted octanol–water partition coefficient (Wildman–Crippen LogP) is 4.53. The summed E-state index contributed by atoms with van der Waals surface area (Å²) in [6, 6.07) is 20.8. The quantitative estimate of drug-likeness (QED) is 0.688. The summed E-state index contributed by atoms with van der Waals surface area (Å²) in [5.74, 6) is 0.191. The molecule has 3 heteroatoms. The van der Waals surface area contributed by atoms with Crippen LogP contribution in [0.2, 0.25) is 0 Å². The summed E-state index contributed by atoms with van der Waals surface area (Å²) in [5, 5.41) is 2.39. The van der Waals surface area contributed by atoms with Gasteiger partial charge >= 0.3 is 0 Å². The van der Waals surface area contributed by atoms with E-state index in [9.17, 15) is 4.79 Å². The van der Waals surface area contributed by atoms with Crippen LogP contribution >= 0.6 is 0 Å². The second-order valence-electron chi connectivity index (χ2n) is 6.82. The highest BCUT2D eigenvalue weighted by Gasteiger charge is 2.36. The zero-order valence-electron chi connectivity index (χ0n) is 14.4. The number of rotatable bonds is 5. The van der Waals surface area contributed by atoms with Crippen LogP contribution in [0, 0.1) is 0 Å². The van der Waals surface area contributed by atoms with Crippen molar-refractivity contribution in [3.05, 3.63) is 78.1 Å². The average molecular weight is 330 g/mol. The highest BCUT2D eigenvalue weighted by atomic mass is 16.2. The number of hydrogen-bond donors (Lipinski definition) is 0. The van der Waals surface area contributed by atoms with Crippen LogP contribution in [0.4, 0.5) is 0 Å². The Morgan fingerprint density at radius 1 is 1.08 bits per heavy atom. The molecule has 0 N–H and O–H groups in total. The lowest BCUT2D eigenvalue weighted by atomic mass is 10.0. The summed E-state index contributed by atoms with van der Waals surface area (Å²) in [6.45, 7) is 2.08. The van der Waals surface area contributed by atoms with Gasteiger partial charge in [-0.2, -0.15) is 0 Å². The Morgan fingerprint density at radius 3 is 2.56 bits per heavy atom. The van der Waals surface area contributed by atoms with Crippen LogP contribution in [0.5, 0.6) is 0 Å².